The first kappa shape index (κ1) is 17.8. The van der Waals surface area contributed by atoms with Gasteiger partial charge in [-0.15, -0.1) is 0 Å². The van der Waals surface area contributed by atoms with Crippen LogP contribution in [0, 0.1) is 0 Å². The Morgan fingerprint density at radius 3 is 2.54 bits per heavy atom. The van der Waals surface area contributed by atoms with E-state index in [4.69, 9.17) is 21.1 Å². The van der Waals surface area contributed by atoms with Crippen molar-refractivity contribution in [2.24, 2.45) is 0 Å². The van der Waals surface area contributed by atoms with Crippen molar-refractivity contribution in [3.05, 3.63) is 64.7 Å². The van der Waals surface area contributed by atoms with Gasteiger partial charge in [-0.1, -0.05) is 35.9 Å². The molecule has 1 amide bonds. The van der Waals surface area contributed by atoms with E-state index in [0.717, 1.165) is 0 Å². The van der Waals surface area contributed by atoms with Gasteiger partial charge in [0, 0.05) is 10.6 Å². The van der Waals surface area contributed by atoms with Crippen molar-refractivity contribution >= 4 is 23.5 Å². The van der Waals surface area contributed by atoms with Crippen molar-refractivity contribution in [3.8, 4) is 5.75 Å². The van der Waals surface area contributed by atoms with Crippen molar-refractivity contribution in [3.63, 3.8) is 0 Å². The van der Waals surface area contributed by atoms with Crippen molar-refractivity contribution in [1.29, 1.82) is 0 Å². The molecule has 0 fully saturated rings. The third-order valence-corrected chi connectivity index (χ3v) is 3.86. The lowest BCUT2D eigenvalue weighted by molar-refractivity contribution is -0.141. The number of amides is 1. The number of rotatable bonds is 6. The summed E-state index contributed by atoms with van der Waals surface area (Å²) in [5, 5.41) is 3.30. The van der Waals surface area contributed by atoms with E-state index in [1.54, 1.807) is 48.5 Å². The van der Waals surface area contributed by atoms with Crippen molar-refractivity contribution in [2.45, 2.75) is 12.5 Å². The fourth-order valence-electron chi connectivity index (χ4n) is 2.25. The maximum atomic E-state index is 12.5. The van der Waals surface area contributed by atoms with Crippen LogP contribution in [0.1, 0.15) is 28.4 Å². The van der Waals surface area contributed by atoms with Crippen LogP contribution in [0.25, 0.3) is 0 Å². The molecule has 0 saturated heterocycles. The fraction of sp³-hybridized carbons (Fsp3) is 0.222. The van der Waals surface area contributed by atoms with Gasteiger partial charge in [0.15, 0.2) is 0 Å². The minimum atomic E-state index is -0.593. The van der Waals surface area contributed by atoms with Gasteiger partial charge in [-0.25, -0.2) is 0 Å². The summed E-state index contributed by atoms with van der Waals surface area (Å²) in [4.78, 5) is 24.2. The molecule has 0 aliphatic carbocycles. The van der Waals surface area contributed by atoms with Crippen LogP contribution in [0.5, 0.6) is 5.75 Å². The van der Waals surface area contributed by atoms with Crippen LogP contribution in [0.3, 0.4) is 0 Å². The molecule has 6 heteroatoms. The van der Waals surface area contributed by atoms with E-state index in [0.29, 0.717) is 21.9 Å². The van der Waals surface area contributed by atoms with Gasteiger partial charge in [-0.05, 0) is 29.8 Å². The molecule has 24 heavy (non-hydrogen) atoms. The summed E-state index contributed by atoms with van der Waals surface area (Å²) in [5.74, 6) is -0.196. The quantitative estimate of drug-likeness (QED) is 0.813. The average Bonchev–Trinajstić information content (AvgIpc) is 2.61. The first-order valence-electron chi connectivity index (χ1n) is 7.31. The van der Waals surface area contributed by atoms with E-state index in [1.807, 2.05) is 0 Å². The van der Waals surface area contributed by atoms with Crippen LogP contribution in [-0.2, 0) is 9.53 Å². The number of halogens is 1. The minimum Gasteiger partial charge on any atom is -0.497 e. The second-order valence-electron chi connectivity index (χ2n) is 5.06. The van der Waals surface area contributed by atoms with Crippen LogP contribution in [0.4, 0.5) is 0 Å². The first-order chi connectivity index (χ1) is 11.5. The van der Waals surface area contributed by atoms with Gasteiger partial charge in [0.1, 0.15) is 5.75 Å². The van der Waals surface area contributed by atoms with Crippen LogP contribution in [-0.4, -0.2) is 26.1 Å². The zero-order chi connectivity index (χ0) is 17.5. The number of carbonyl (C=O) groups excluding carboxylic acids is 2. The predicted molar refractivity (Wildman–Crippen MR) is 91.3 cm³/mol. The summed E-state index contributed by atoms with van der Waals surface area (Å²) in [5.41, 5.74) is 1.08. The number of methoxy groups -OCH3 is 2. The molecule has 0 radical (unpaired) electrons. The first-order valence-corrected chi connectivity index (χ1v) is 7.69. The number of ether oxygens (including phenoxy) is 2. The van der Waals surface area contributed by atoms with Crippen molar-refractivity contribution in [1.82, 2.24) is 5.32 Å². The molecule has 2 aromatic carbocycles. The summed E-state index contributed by atoms with van der Waals surface area (Å²) < 4.78 is 9.83. The molecule has 0 aromatic heterocycles. The Kier molecular flexibility index (Phi) is 6.21. The highest BCUT2D eigenvalue weighted by Gasteiger charge is 2.21. The third kappa shape index (κ3) is 4.49. The normalized spacial score (nSPS) is 11.5. The molecule has 5 nitrogen and oxygen atoms in total. The number of carbonyl (C=O) groups is 2. The van der Waals surface area contributed by atoms with E-state index >= 15 is 0 Å². The molecule has 0 heterocycles. The van der Waals surface area contributed by atoms with E-state index in [1.165, 1.54) is 14.2 Å². The molecular weight excluding hydrogens is 330 g/mol. The maximum absolute atomic E-state index is 12.5. The summed E-state index contributed by atoms with van der Waals surface area (Å²) in [6.45, 7) is 0. The van der Waals surface area contributed by atoms with Gasteiger partial charge < -0.3 is 14.8 Å². The molecule has 2 aromatic rings. The highest BCUT2D eigenvalue weighted by molar-refractivity contribution is 6.31. The Balaban J connectivity index is 2.25. The van der Waals surface area contributed by atoms with E-state index in [2.05, 4.69) is 5.32 Å². The van der Waals surface area contributed by atoms with Gasteiger partial charge in [0.05, 0.1) is 26.7 Å². The molecule has 2 rings (SSSR count). The lowest BCUT2D eigenvalue weighted by atomic mass is 10.0. The Labute approximate surface area is 145 Å². The minimum absolute atomic E-state index is 0.0179. The number of hydrogen-bond acceptors (Lipinski definition) is 4. The molecule has 0 spiro atoms. The molecule has 0 aliphatic rings. The SMILES string of the molecule is COC(=O)C[C@@H](NC(=O)c1cccc(OC)c1)c1ccccc1Cl. The van der Waals surface area contributed by atoms with E-state index in [9.17, 15) is 9.59 Å². The zero-order valence-corrected chi connectivity index (χ0v) is 14.2. The number of esters is 1. The lowest BCUT2D eigenvalue weighted by Crippen LogP contribution is -2.30. The number of nitrogens with one attached hydrogen (secondary N) is 1. The Morgan fingerprint density at radius 2 is 1.88 bits per heavy atom. The molecule has 126 valence electrons. The van der Waals surface area contributed by atoms with Crippen molar-refractivity contribution in [2.75, 3.05) is 14.2 Å². The summed E-state index contributed by atoms with van der Waals surface area (Å²) >= 11 is 6.20. The van der Waals surface area contributed by atoms with Crippen LogP contribution < -0.4 is 10.1 Å². The second kappa shape index (κ2) is 8.36. The Morgan fingerprint density at radius 1 is 1.12 bits per heavy atom. The van der Waals surface area contributed by atoms with E-state index < -0.39 is 12.0 Å². The maximum Gasteiger partial charge on any atom is 0.307 e. The molecule has 0 unspecified atom stereocenters. The van der Waals surface area contributed by atoms with Crippen LogP contribution in [0.15, 0.2) is 48.5 Å². The van der Waals surface area contributed by atoms with Gasteiger partial charge in [-0.2, -0.15) is 0 Å². The standard InChI is InChI=1S/C18H18ClNO4/c1-23-13-7-5-6-12(10-13)18(22)20-16(11-17(21)24-2)14-8-3-4-9-15(14)19/h3-10,16H,11H2,1-2H3,(H,20,22)/t16-/m1/s1. The highest BCUT2D eigenvalue weighted by Crippen LogP contribution is 2.26. The Bertz CT molecular complexity index is 732. The third-order valence-electron chi connectivity index (χ3n) is 3.52. The van der Waals surface area contributed by atoms with Gasteiger partial charge in [-0.3, -0.25) is 9.59 Å². The number of benzene rings is 2. The smallest absolute Gasteiger partial charge is 0.307 e. The summed E-state index contributed by atoms with van der Waals surface area (Å²) in [6.07, 6.45) is -0.0179. The predicted octanol–water partition coefficient (Wildman–Crippen LogP) is 3.38. The largest absolute Gasteiger partial charge is 0.497 e. The van der Waals surface area contributed by atoms with Gasteiger partial charge in [0.25, 0.3) is 5.91 Å². The van der Waals surface area contributed by atoms with Gasteiger partial charge in [0.2, 0.25) is 0 Å². The van der Waals surface area contributed by atoms with Crippen molar-refractivity contribution < 1.29 is 19.1 Å². The second-order valence-corrected chi connectivity index (χ2v) is 5.47. The number of hydrogen-bond donors (Lipinski definition) is 1. The zero-order valence-electron chi connectivity index (χ0n) is 13.4. The average molecular weight is 348 g/mol. The van der Waals surface area contributed by atoms with Crippen LogP contribution in [0.2, 0.25) is 5.02 Å². The monoisotopic (exact) mass is 347 g/mol. The molecular formula is C18H18ClNO4. The highest BCUT2D eigenvalue weighted by atomic mass is 35.5. The topological polar surface area (TPSA) is 64.6 Å². The summed E-state index contributed by atoms with van der Waals surface area (Å²) in [6, 6.07) is 13.2. The Hall–Kier alpha value is -2.53. The molecule has 0 aliphatic heterocycles. The van der Waals surface area contributed by atoms with Crippen LogP contribution >= 0.6 is 11.6 Å². The summed E-state index contributed by atoms with van der Waals surface area (Å²) in [7, 11) is 2.83. The van der Waals surface area contributed by atoms with Gasteiger partial charge >= 0.3 is 5.97 Å². The fourth-order valence-corrected chi connectivity index (χ4v) is 2.52. The lowest BCUT2D eigenvalue weighted by Gasteiger charge is -2.19. The molecule has 0 saturated carbocycles. The van der Waals surface area contributed by atoms with E-state index in [-0.39, 0.29) is 12.3 Å². The molecule has 1 N–H and O–H groups in total. The molecule has 1 atom stereocenters. The molecule has 0 bridgehead atoms.